The Hall–Kier alpha value is -2.07. The lowest BCUT2D eigenvalue weighted by atomic mass is 10.1. The highest BCUT2D eigenvalue weighted by Crippen LogP contribution is 2.30. The van der Waals surface area contributed by atoms with Crippen molar-refractivity contribution in [1.82, 2.24) is 0 Å². The van der Waals surface area contributed by atoms with E-state index in [9.17, 15) is 9.90 Å². The Morgan fingerprint density at radius 3 is 2.59 bits per heavy atom. The first-order valence-electron chi connectivity index (χ1n) is 6.95. The van der Waals surface area contributed by atoms with E-state index in [1.165, 1.54) is 6.08 Å². The predicted octanol–water partition coefficient (Wildman–Crippen LogP) is 4.76. The van der Waals surface area contributed by atoms with Crippen molar-refractivity contribution in [2.45, 2.75) is 13.8 Å². The van der Waals surface area contributed by atoms with Crippen LogP contribution in [0.15, 0.2) is 46.9 Å². The molecule has 0 aliphatic rings. The van der Waals surface area contributed by atoms with Crippen LogP contribution in [0, 0.1) is 6.92 Å². The van der Waals surface area contributed by atoms with E-state index in [0.29, 0.717) is 11.1 Å². The fourth-order valence-corrected chi connectivity index (χ4v) is 2.60. The molecule has 0 bridgehead atoms. The van der Waals surface area contributed by atoms with Crippen molar-refractivity contribution in [2.24, 2.45) is 0 Å². The molecule has 0 saturated heterocycles. The number of halogens is 1. The van der Waals surface area contributed by atoms with Gasteiger partial charge in [-0.05, 0) is 71.2 Å². The molecule has 2 aromatic carbocycles. The number of phenols is 1. The van der Waals surface area contributed by atoms with Gasteiger partial charge in [-0.3, -0.25) is 4.79 Å². The van der Waals surface area contributed by atoms with Crippen molar-refractivity contribution in [3.63, 3.8) is 0 Å². The summed E-state index contributed by atoms with van der Waals surface area (Å²) in [5.41, 5.74) is 2.08. The first-order chi connectivity index (χ1) is 10.5. The van der Waals surface area contributed by atoms with E-state index in [1.54, 1.807) is 18.2 Å². The molecule has 0 atom stereocenters. The summed E-state index contributed by atoms with van der Waals surface area (Å²) >= 11 is 3.24. The maximum absolute atomic E-state index is 12.2. The number of benzene rings is 2. The fraction of sp³-hybridized carbons (Fsp3) is 0.167. The summed E-state index contributed by atoms with van der Waals surface area (Å²) in [6.07, 6.45) is 3.17. The molecule has 2 rings (SSSR count). The van der Waals surface area contributed by atoms with Crippen LogP contribution in [0.4, 0.5) is 0 Å². The zero-order valence-electron chi connectivity index (χ0n) is 12.5. The summed E-state index contributed by atoms with van der Waals surface area (Å²) in [5.74, 6) is 0.522. The Balaban J connectivity index is 2.18. The Morgan fingerprint density at radius 1 is 1.27 bits per heavy atom. The maximum atomic E-state index is 12.2. The zero-order valence-corrected chi connectivity index (χ0v) is 14.1. The molecule has 0 unspecified atom stereocenters. The summed E-state index contributed by atoms with van der Waals surface area (Å²) < 4.78 is 5.89. The number of carbonyl (C=O) groups excluding carboxylic acids is 1. The minimum absolute atomic E-state index is 0.0352. The van der Waals surface area contributed by atoms with Crippen LogP contribution in [-0.4, -0.2) is 17.5 Å². The van der Waals surface area contributed by atoms with Gasteiger partial charge in [-0.2, -0.15) is 0 Å². The molecule has 3 nitrogen and oxygen atoms in total. The molecule has 2 aromatic rings. The van der Waals surface area contributed by atoms with Gasteiger partial charge >= 0.3 is 0 Å². The normalized spacial score (nSPS) is 10.9. The molecule has 0 heterocycles. The maximum Gasteiger partial charge on any atom is 0.189 e. The quantitative estimate of drug-likeness (QED) is 0.617. The Kier molecular flexibility index (Phi) is 5.39. The van der Waals surface area contributed by atoms with Gasteiger partial charge in [-0.15, -0.1) is 0 Å². The Bertz CT molecular complexity index is 703. The van der Waals surface area contributed by atoms with Crippen molar-refractivity contribution < 1.29 is 14.6 Å². The van der Waals surface area contributed by atoms with E-state index in [2.05, 4.69) is 15.9 Å². The van der Waals surface area contributed by atoms with E-state index in [4.69, 9.17) is 4.74 Å². The van der Waals surface area contributed by atoms with Crippen LogP contribution >= 0.6 is 15.9 Å². The van der Waals surface area contributed by atoms with Gasteiger partial charge in [0.25, 0.3) is 0 Å². The topological polar surface area (TPSA) is 46.5 Å². The molecular formula is C18H17BrO3. The lowest BCUT2D eigenvalue weighted by Crippen LogP contribution is -1.96. The Labute approximate surface area is 138 Å². The molecule has 0 saturated carbocycles. The number of carbonyl (C=O) groups is 1. The molecular weight excluding hydrogens is 344 g/mol. The van der Waals surface area contributed by atoms with Crippen LogP contribution in [0.2, 0.25) is 0 Å². The minimum atomic E-state index is -0.240. The third kappa shape index (κ3) is 3.98. The van der Waals surface area contributed by atoms with Gasteiger partial charge < -0.3 is 9.84 Å². The number of hydrogen-bond donors (Lipinski definition) is 1. The van der Waals surface area contributed by atoms with Gasteiger partial charge in [-0.25, -0.2) is 0 Å². The number of phenolic OH excluding ortho intramolecular Hbond substituents is 1. The third-order valence-corrected chi connectivity index (χ3v) is 3.70. The molecule has 0 aliphatic carbocycles. The number of ketones is 1. The highest BCUT2D eigenvalue weighted by Gasteiger charge is 2.12. The molecule has 0 radical (unpaired) electrons. The molecule has 0 amide bonds. The van der Waals surface area contributed by atoms with Crippen LogP contribution < -0.4 is 4.74 Å². The number of aryl methyl sites for hydroxylation is 1. The van der Waals surface area contributed by atoms with Crippen molar-refractivity contribution in [1.29, 1.82) is 0 Å². The lowest BCUT2D eigenvalue weighted by Gasteiger charge is -2.05. The van der Waals surface area contributed by atoms with Crippen LogP contribution in [0.3, 0.4) is 0 Å². The van der Waals surface area contributed by atoms with Crippen LogP contribution in [-0.2, 0) is 0 Å². The molecule has 0 spiro atoms. The van der Waals surface area contributed by atoms with Crippen molar-refractivity contribution in [2.75, 3.05) is 6.61 Å². The molecule has 0 aromatic heterocycles. The van der Waals surface area contributed by atoms with Crippen molar-refractivity contribution in [3.05, 3.63) is 63.6 Å². The molecule has 0 aliphatic heterocycles. The predicted molar refractivity (Wildman–Crippen MR) is 91.5 cm³/mol. The number of rotatable bonds is 5. The zero-order chi connectivity index (χ0) is 16.1. The van der Waals surface area contributed by atoms with Crippen molar-refractivity contribution in [3.8, 4) is 11.5 Å². The summed E-state index contributed by atoms with van der Waals surface area (Å²) in [5, 5.41) is 9.97. The first-order valence-corrected chi connectivity index (χ1v) is 7.75. The van der Waals surface area contributed by atoms with E-state index in [1.807, 2.05) is 38.1 Å². The van der Waals surface area contributed by atoms with E-state index in [-0.39, 0.29) is 17.1 Å². The largest absolute Gasteiger partial charge is 0.506 e. The minimum Gasteiger partial charge on any atom is -0.506 e. The van der Waals surface area contributed by atoms with Crippen molar-refractivity contribution >= 4 is 27.8 Å². The summed E-state index contributed by atoms with van der Waals surface area (Å²) in [6, 6.07) is 10.9. The molecule has 0 fully saturated rings. The number of aromatic hydroxyl groups is 1. The van der Waals surface area contributed by atoms with Gasteiger partial charge in [0.15, 0.2) is 5.78 Å². The highest BCUT2D eigenvalue weighted by atomic mass is 79.9. The van der Waals surface area contributed by atoms with Gasteiger partial charge in [-0.1, -0.05) is 18.2 Å². The molecule has 114 valence electrons. The standard InChI is InChI=1S/C18H17BrO3/c1-3-22-14-7-4-13(5-8-14)6-9-17(20)15-10-12(2)11-16(19)18(15)21/h4-11,21H,3H2,1-2H3/b9-6+. The molecule has 1 N–H and O–H groups in total. The smallest absolute Gasteiger partial charge is 0.189 e. The Morgan fingerprint density at radius 2 is 1.95 bits per heavy atom. The summed E-state index contributed by atoms with van der Waals surface area (Å²) in [4.78, 5) is 12.2. The van der Waals surface area contributed by atoms with Gasteiger partial charge in [0.2, 0.25) is 0 Å². The molecule has 4 heteroatoms. The van der Waals surface area contributed by atoms with Crippen LogP contribution in [0.5, 0.6) is 11.5 Å². The van der Waals surface area contributed by atoms with Crippen LogP contribution in [0.25, 0.3) is 6.08 Å². The summed E-state index contributed by atoms with van der Waals surface area (Å²) in [7, 11) is 0. The number of hydrogen-bond acceptors (Lipinski definition) is 3. The van der Waals surface area contributed by atoms with Gasteiger partial charge in [0, 0.05) is 0 Å². The number of ether oxygens (including phenoxy) is 1. The fourth-order valence-electron chi connectivity index (χ4n) is 2.03. The van der Waals surface area contributed by atoms with E-state index < -0.39 is 0 Å². The third-order valence-electron chi connectivity index (χ3n) is 3.09. The van der Waals surface area contributed by atoms with Gasteiger partial charge in [0.1, 0.15) is 11.5 Å². The number of allylic oxidation sites excluding steroid dienone is 1. The highest BCUT2D eigenvalue weighted by molar-refractivity contribution is 9.10. The summed E-state index contributed by atoms with van der Waals surface area (Å²) in [6.45, 7) is 4.42. The average molecular weight is 361 g/mol. The SMILES string of the molecule is CCOc1ccc(/C=C/C(=O)c2cc(C)cc(Br)c2O)cc1. The second-order valence-corrected chi connectivity index (χ2v) is 5.70. The first kappa shape index (κ1) is 16.3. The van der Waals surface area contributed by atoms with Crippen LogP contribution in [0.1, 0.15) is 28.4 Å². The second-order valence-electron chi connectivity index (χ2n) is 4.84. The van der Waals surface area contributed by atoms with E-state index in [0.717, 1.165) is 16.9 Å². The lowest BCUT2D eigenvalue weighted by molar-refractivity contribution is 0.104. The monoisotopic (exact) mass is 360 g/mol. The van der Waals surface area contributed by atoms with E-state index >= 15 is 0 Å². The van der Waals surface area contributed by atoms with Gasteiger partial charge in [0.05, 0.1) is 16.6 Å². The molecule has 22 heavy (non-hydrogen) atoms. The second kappa shape index (κ2) is 7.27. The average Bonchev–Trinajstić information content (AvgIpc) is 2.50.